The smallest absolute Gasteiger partial charge is 0.120 e. The van der Waals surface area contributed by atoms with E-state index < -0.39 is 6.10 Å². The number of rotatable bonds is 5. The number of ether oxygens (including phenoxy) is 1. The van der Waals surface area contributed by atoms with Crippen LogP contribution in [0.3, 0.4) is 0 Å². The van der Waals surface area contributed by atoms with Crippen molar-refractivity contribution in [3.05, 3.63) is 36.0 Å². The molecule has 4 nitrogen and oxygen atoms in total. The van der Waals surface area contributed by atoms with Gasteiger partial charge in [0.15, 0.2) is 0 Å². The molecule has 3 saturated heterocycles. The lowest BCUT2D eigenvalue weighted by Gasteiger charge is -2.51. The molecule has 4 heteroatoms. The summed E-state index contributed by atoms with van der Waals surface area (Å²) < 4.78 is 5.65. The largest absolute Gasteiger partial charge is 0.494 e. The Morgan fingerprint density at radius 3 is 2.92 bits per heavy atom. The van der Waals surface area contributed by atoms with E-state index >= 15 is 0 Å². The molecule has 25 heavy (non-hydrogen) atoms. The molecule has 4 heterocycles. The van der Waals surface area contributed by atoms with Crippen LogP contribution >= 0.6 is 0 Å². The lowest BCUT2D eigenvalue weighted by molar-refractivity contribution is -0.0562. The van der Waals surface area contributed by atoms with Gasteiger partial charge < -0.3 is 9.84 Å². The number of pyridine rings is 1. The van der Waals surface area contributed by atoms with Crippen LogP contribution in [0.2, 0.25) is 0 Å². The first-order chi connectivity index (χ1) is 12.2. The summed E-state index contributed by atoms with van der Waals surface area (Å²) in [6.45, 7) is 7.18. The summed E-state index contributed by atoms with van der Waals surface area (Å²) >= 11 is 0. The predicted molar refractivity (Wildman–Crippen MR) is 99.7 cm³/mol. The van der Waals surface area contributed by atoms with Crippen molar-refractivity contribution < 1.29 is 9.84 Å². The standard InChI is InChI=1S/C21H28N2O2/c1-3-14-13-23-10-8-15(14)11-20(23)21(24)17-7-9-22-19-6-5-16(25-4-2)12-18(17)19/h5-7,9,12,14-15,20-21,24H,3-4,8,10-11,13H2,1-2H3/t14-,15-,20+,21+/m1/s1. The number of hydrogen-bond acceptors (Lipinski definition) is 4. The normalized spacial score (nSPS) is 29.7. The summed E-state index contributed by atoms with van der Waals surface area (Å²) in [6, 6.07) is 8.16. The fraction of sp³-hybridized carbons (Fsp3) is 0.571. The zero-order chi connectivity index (χ0) is 17.4. The number of aromatic nitrogens is 1. The van der Waals surface area contributed by atoms with E-state index in [1.165, 1.54) is 12.8 Å². The van der Waals surface area contributed by atoms with E-state index in [0.717, 1.165) is 53.6 Å². The first-order valence-electron chi connectivity index (χ1n) is 9.64. The monoisotopic (exact) mass is 340 g/mol. The quantitative estimate of drug-likeness (QED) is 0.899. The molecule has 3 fully saturated rings. The molecule has 1 aromatic heterocycles. The van der Waals surface area contributed by atoms with Gasteiger partial charge in [0, 0.05) is 24.2 Å². The maximum absolute atomic E-state index is 11.2. The highest BCUT2D eigenvalue weighted by Crippen LogP contribution is 2.42. The third-order valence-electron chi connectivity index (χ3n) is 6.20. The van der Waals surface area contributed by atoms with Gasteiger partial charge in [-0.05, 0) is 68.0 Å². The fourth-order valence-corrected chi connectivity index (χ4v) is 4.84. The van der Waals surface area contributed by atoms with Crippen LogP contribution < -0.4 is 4.74 Å². The number of aliphatic hydroxyl groups is 1. The van der Waals surface area contributed by atoms with Gasteiger partial charge in [-0.15, -0.1) is 0 Å². The first-order valence-corrected chi connectivity index (χ1v) is 9.64. The third-order valence-corrected chi connectivity index (χ3v) is 6.20. The molecule has 5 atom stereocenters. The molecule has 0 spiro atoms. The Bertz CT molecular complexity index is 748. The third kappa shape index (κ3) is 3.02. The predicted octanol–water partition coefficient (Wildman–Crippen LogP) is 3.79. The summed E-state index contributed by atoms with van der Waals surface area (Å²) in [6.07, 6.45) is 4.98. The Balaban J connectivity index is 1.66. The van der Waals surface area contributed by atoms with Crippen LogP contribution in [0.4, 0.5) is 0 Å². The number of piperidine rings is 3. The van der Waals surface area contributed by atoms with E-state index in [9.17, 15) is 5.11 Å². The van der Waals surface area contributed by atoms with Crippen molar-refractivity contribution in [2.45, 2.75) is 45.3 Å². The molecule has 0 saturated carbocycles. The topological polar surface area (TPSA) is 45.6 Å². The first kappa shape index (κ1) is 16.8. The number of nitrogens with zero attached hydrogens (tertiary/aromatic N) is 2. The van der Waals surface area contributed by atoms with Gasteiger partial charge >= 0.3 is 0 Å². The number of benzene rings is 1. The second kappa shape index (κ2) is 6.93. The Labute approximate surface area is 149 Å². The van der Waals surface area contributed by atoms with Crippen LogP contribution in [0, 0.1) is 11.8 Å². The SMILES string of the molecule is CCOc1ccc2nccc([C@H](O)[C@@H]3C[C@H]4CCN3C[C@H]4CC)c2c1. The summed E-state index contributed by atoms with van der Waals surface area (Å²) in [5.41, 5.74) is 1.90. The van der Waals surface area contributed by atoms with Gasteiger partial charge in [0.25, 0.3) is 0 Å². The molecule has 0 amide bonds. The molecule has 134 valence electrons. The Hall–Kier alpha value is -1.65. The molecule has 2 bridgehead atoms. The number of fused-ring (bicyclic) bond motifs is 4. The molecular formula is C21H28N2O2. The summed E-state index contributed by atoms with van der Waals surface area (Å²) in [5, 5.41) is 12.2. The van der Waals surface area contributed by atoms with Crippen LogP contribution in [-0.2, 0) is 0 Å². The molecular weight excluding hydrogens is 312 g/mol. The highest BCUT2D eigenvalue weighted by Gasteiger charge is 2.42. The van der Waals surface area contributed by atoms with Gasteiger partial charge in [-0.1, -0.05) is 13.3 Å². The van der Waals surface area contributed by atoms with Crippen LogP contribution in [0.1, 0.15) is 44.8 Å². The van der Waals surface area contributed by atoms with Crippen molar-refractivity contribution in [2.24, 2.45) is 11.8 Å². The van der Waals surface area contributed by atoms with Crippen molar-refractivity contribution in [1.82, 2.24) is 9.88 Å². The summed E-state index contributed by atoms with van der Waals surface area (Å²) in [5.74, 6) is 2.41. The highest BCUT2D eigenvalue weighted by molar-refractivity contribution is 5.83. The van der Waals surface area contributed by atoms with Crippen molar-refractivity contribution in [3.8, 4) is 5.75 Å². The minimum atomic E-state index is -0.469. The number of aliphatic hydroxyl groups excluding tert-OH is 1. The molecule has 1 aromatic carbocycles. The van der Waals surface area contributed by atoms with E-state index in [4.69, 9.17) is 4.74 Å². The van der Waals surface area contributed by atoms with Crippen molar-refractivity contribution in [2.75, 3.05) is 19.7 Å². The zero-order valence-electron chi connectivity index (χ0n) is 15.2. The van der Waals surface area contributed by atoms with Crippen molar-refractivity contribution >= 4 is 10.9 Å². The highest BCUT2D eigenvalue weighted by atomic mass is 16.5. The minimum absolute atomic E-state index is 0.225. The summed E-state index contributed by atoms with van der Waals surface area (Å²) in [7, 11) is 0. The minimum Gasteiger partial charge on any atom is -0.494 e. The van der Waals surface area contributed by atoms with E-state index in [-0.39, 0.29) is 6.04 Å². The zero-order valence-corrected chi connectivity index (χ0v) is 15.2. The number of hydrogen-bond donors (Lipinski definition) is 1. The maximum Gasteiger partial charge on any atom is 0.120 e. The molecule has 3 aliphatic rings. The fourth-order valence-electron chi connectivity index (χ4n) is 4.84. The Kier molecular flexibility index (Phi) is 4.65. The lowest BCUT2D eigenvalue weighted by Crippen LogP contribution is -2.55. The van der Waals surface area contributed by atoms with Gasteiger partial charge in [-0.25, -0.2) is 0 Å². The van der Waals surface area contributed by atoms with Gasteiger partial charge in [0.05, 0.1) is 18.2 Å². The van der Waals surface area contributed by atoms with Gasteiger partial charge in [0.1, 0.15) is 5.75 Å². The second-order valence-corrected chi connectivity index (χ2v) is 7.47. The van der Waals surface area contributed by atoms with E-state index in [0.29, 0.717) is 6.61 Å². The molecule has 0 radical (unpaired) electrons. The van der Waals surface area contributed by atoms with E-state index in [1.54, 1.807) is 0 Å². The average molecular weight is 340 g/mol. The van der Waals surface area contributed by atoms with Gasteiger partial charge in [-0.3, -0.25) is 9.88 Å². The van der Waals surface area contributed by atoms with E-state index in [1.807, 2.05) is 37.4 Å². The molecule has 5 rings (SSSR count). The summed E-state index contributed by atoms with van der Waals surface area (Å²) in [4.78, 5) is 6.98. The maximum atomic E-state index is 11.2. The van der Waals surface area contributed by atoms with Crippen molar-refractivity contribution in [3.63, 3.8) is 0 Å². The van der Waals surface area contributed by atoms with Crippen LogP contribution in [0.5, 0.6) is 5.75 Å². The average Bonchev–Trinajstić information content (AvgIpc) is 2.67. The molecule has 1 N–H and O–H groups in total. The lowest BCUT2D eigenvalue weighted by atomic mass is 9.72. The molecule has 0 aliphatic carbocycles. The van der Waals surface area contributed by atoms with Crippen molar-refractivity contribution in [1.29, 1.82) is 0 Å². The second-order valence-electron chi connectivity index (χ2n) is 7.47. The van der Waals surface area contributed by atoms with Gasteiger partial charge in [0.2, 0.25) is 0 Å². The Morgan fingerprint density at radius 2 is 2.20 bits per heavy atom. The Morgan fingerprint density at radius 1 is 1.32 bits per heavy atom. The van der Waals surface area contributed by atoms with Crippen LogP contribution in [0.25, 0.3) is 10.9 Å². The molecule has 1 unspecified atom stereocenters. The molecule has 2 aromatic rings. The van der Waals surface area contributed by atoms with Crippen LogP contribution in [-0.4, -0.2) is 40.7 Å². The molecule has 3 aliphatic heterocycles. The van der Waals surface area contributed by atoms with Crippen LogP contribution in [0.15, 0.2) is 30.5 Å². The van der Waals surface area contributed by atoms with Gasteiger partial charge in [-0.2, -0.15) is 0 Å². The van der Waals surface area contributed by atoms with E-state index in [2.05, 4.69) is 16.8 Å².